The Hall–Kier alpha value is -7.18. The molecule has 0 bridgehead atoms. The van der Waals surface area contributed by atoms with Crippen molar-refractivity contribution in [3.8, 4) is 0 Å². The van der Waals surface area contributed by atoms with Gasteiger partial charge < -0.3 is 166 Å². The fourth-order valence-electron chi connectivity index (χ4n) is 16.0. The van der Waals surface area contributed by atoms with Gasteiger partial charge in [-0.15, -0.1) is 0 Å². The Labute approximate surface area is 810 Å². The van der Waals surface area contributed by atoms with Crippen LogP contribution in [0.2, 0.25) is 0 Å². The van der Waals surface area contributed by atoms with Gasteiger partial charge in [0.2, 0.25) is 5.95 Å². The molecule has 14 heterocycles. The number of ether oxygens (including phenoxy) is 14. The van der Waals surface area contributed by atoms with Gasteiger partial charge in [-0.05, 0) is 34.1 Å². The molecule has 6 fully saturated rings. The van der Waals surface area contributed by atoms with Crippen molar-refractivity contribution in [3.63, 3.8) is 0 Å². The highest BCUT2D eigenvalue weighted by molar-refractivity contribution is 8.32. The number of aromatic nitrogens is 16. The zero-order valence-electron chi connectivity index (χ0n) is 75.5. The number of nitrogen functional groups attached to an aromatic ring is 3. The van der Waals surface area contributed by atoms with Gasteiger partial charge in [-0.1, -0.05) is 42.3 Å². The quantitative estimate of drug-likeness (QED) is 0.0102. The Morgan fingerprint density at radius 2 is 0.843 bits per heavy atom. The number of nitrogens with zero attached hydrogens (tertiary/aromatic N) is 12. The summed E-state index contributed by atoms with van der Waals surface area (Å²) in [6.45, 7) is -19.6. The predicted molar refractivity (Wildman–Crippen MR) is 483 cm³/mol. The number of aromatic amines is 4. The zero-order valence-corrected chi connectivity index (χ0v) is 83.2. The molecule has 67 heteroatoms. The Kier molecular flexibility index (Phi) is 35.9. The number of rotatable bonds is 48. The number of phosphoric ester groups is 1. The van der Waals surface area contributed by atoms with Crippen molar-refractivity contribution in [1.29, 1.82) is 0 Å². The summed E-state index contributed by atoms with van der Waals surface area (Å²) in [4.78, 5) is 198. The number of aliphatic hydroxyl groups is 1. The first-order valence-electron chi connectivity index (χ1n) is 42.6. The normalized spacial score (nSPS) is 29.2. The molecule has 8 aromatic rings. The number of fused-ring (bicyclic) bond motifs is 2. The van der Waals surface area contributed by atoms with E-state index in [1.807, 2.05) is 0 Å². The van der Waals surface area contributed by atoms with Crippen LogP contribution in [0.4, 0.5) is 17.6 Å². The first-order valence-corrected chi connectivity index (χ1v) is 54.3. The Morgan fingerprint density at radius 1 is 0.436 bits per heavy atom. The van der Waals surface area contributed by atoms with Crippen molar-refractivity contribution >= 4 is 122 Å². The molecule has 8 aromatic heterocycles. The predicted octanol–water partition coefficient (Wildman–Crippen LogP) is -4.20. The van der Waals surface area contributed by atoms with Crippen molar-refractivity contribution in [3.05, 3.63) is 149 Å². The molecular weight excluding hydrogens is 2050 g/mol. The van der Waals surface area contributed by atoms with E-state index >= 15 is 18.9 Å². The van der Waals surface area contributed by atoms with Crippen LogP contribution in [0.5, 0.6) is 0 Å². The number of anilines is 3. The Morgan fingerprint density at radius 3 is 1.36 bits per heavy atom. The van der Waals surface area contributed by atoms with Gasteiger partial charge >= 0.3 is 22.8 Å². The van der Waals surface area contributed by atoms with E-state index in [2.05, 4.69) is 49.8 Å². The van der Waals surface area contributed by atoms with Crippen LogP contribution in [0, 0.1) is 27.7 Å². The molecule has 58 nitrogen and oxygen atoms in total. The summed E-state index contributed by atoms with van der Waals surface area (Å²) < 4.78 is 180. The summed E-state index contributed by atoms with van der Waals surface area (Å²) in [5.74, 6) is -0.762. The number of H-pyrrole nitrogens is 4. The molecule has 0 saturated carbocycles. The SMILES string of the molecule is CC[C@H]1O[C@@H](n2cc(C)c(=O)[nH]c2=O)CC1OP([O-])(=S)OC[C@H]1O[C@@H](n2cc(C)c(=O)[nH]c2=O)CC1OP(=O)([S-])OC[C@H]1O[C@@H](n2cnc3c(N)ncnc32)[C@@H](OCCOC)C1OP(=O)([O-])OC[C@H]1O[C@@H](n2cnc3c(=O)[nH]c(N)nc32)[C@@H](OCCOC)C1OP([O-])(=S)OC[C@H]1O[C@@H](n2cc(C)c(N)nc2=O)[C@@H](OCCOC)C1OP([O-])(=S)OC[C@H]1O[C@@H](n2cc(C)c(=O)[nH]c2=O)[C@@H](OCCOC)C1O. The van der Waals surface area contributed by atoms with Crippen LogP contribution < -0.4 is 81.8 Å². The van der Waals surface area contributed by atoms with Crippen molar-refractivity contribution in [2.45, 2.75) is 189 Å². The summed E-state index contributed by atoms with van der Waals surface area (Å²) >= 11 is 22.2. The molecule has 0 spiro atoms. The van der Waals surface area contributed by atoms with E-state index in [1.54, 1.807) is 6.92 Å². The van der Waals surface area contributed by atoms with Gasteiger partial charge in [0.25, 0.3) is 30.1 Å². The molecule has 140 heavy (non-hydrogen) atoms. The largest absolute Gasteiger partial charge is 0.780 e. The van der Waals surface area contributed by atoms with Crippen molar-refractivity contribution < 1.29 is 145 Å². The number of hydrogen-bond donors (Lipinski definition) is 8. The van der Waals surface area contributed by atoms with Gasteiger partial charge in [0.05, 0.1) is 117 Å². The molecule has 0 amide bonds. The van der Waals surface area contributed by atoms with Crippen molar-refractivity contribution in [2.24, 2.45) is 0 Å². The van der Waals surface area contributed by atoms with Gasteiger partial charge in [-0.2, -0.15) is 9.97 Å². The number of methoxy groups -OCH3 is 4. The minimum atomic E-state index is -6.12. The number of aliphatic hydroxyl groups excluding tert-OH is 1. The average molecular weight is 2150 g/mol. The molecule has 27 atom stereocenters. The van der Waals surface area contributed by atoms with Crippen LogP contribution >= 0.6 is 34.8 Å². The highest BCUT2D eigenvalue weighted by Crippen LogP contribution is 2.56. The first-order chi connectivity index (χ1) is 66.4. The third-order valence-electron chi connectivity index (χ3n) is 22.8. The minimum Gasteiger partial charge on any atom is -0.780 e. The van der Waals surface area contributed by atoms with Crippen LogP contribution in [-0.4, -0.2) is 294 Å². The summed E-state index contributed by atoms with van der Waals surface area (Å²) in [7, 11) is -0.790. The molecule has 0 aromatic carbocycles. The van der Waals surface area contributed by atoms with Crippen LogP contribution in [-0.2, 0) is 168 Å². The lowest BCUT2D eigenvalue weighted by Crippen LogP contribution is -2.42. The van der Waals surface area contributed by atoms with Crippen molar-refractivity contribution in [1.82, 2.24) is 77.2 Å². The molecule has 6 saturated heterocycles. The second-order valence-corrected chi connectivity index (χ2v) is 44.4. The average Bonchev–Trinajstić information content (AvgIpc) is 1.61. The second kappa shape index (κ2) is 46.3. The standard InChI is InChI=1S/C73H104N19O39P5S4/c1-10-37-38(19-45(121-37)87-22-34(3)61(94)84-71(87)99)127-133(104,137)117-25-40-39(20-46(122-40)88-23-35(4)62(95)85-72(88)100)128-134(105,138)119-28-43-50(54(113-16-12-109-7)67(126-43)91-31-79-47-58(75)77-30-78-59(47)91)129-132(102,103)116-27-42-51(56(115-18-14-111-9)68(125-42)92-32-80-48-60(92)82-69(76)83-64(48)97)130-136(107,140)120-29-44-52(55(114-17-13-110-8)66(124-44)89-21-33(2)57(74)81-70(89)98)131-135(106,139)118-26-41-49(93)53(112-15-11-108-6)65(123-41)90-24-36(5)63(96)86-73(90)101/h21-24,30-32,37-46,49-56,65-68,93H,10-20,25-29H2,1-9H3,(H,102,103)(H,104,137)(H,105,138)(H,106,139)(H,107,140)(H2,74,81,98)(H2,75,77,78)(H,84,94,99)(H,85,95,100)(H,86,96,101)(H3,76,82,83,97)/p-5/t37-,38?,39?,40-,41-,42-,43-,44-,45-,46-,49?,50?,51?,52?,53+,54+,55+,56+,65-,66-,67-,68-,133?,134?,135?,136?/m1/s1. The molecule has 11 N–H and O–H groups in total. The van der Waals surface area contributed by atoms with E-state index in [9.17, 15) is 53.2 Å². The summed E-state index contributed by atoms with van der Waals surface area (Å²) in [6.07, 6.45) is -27.3. The lowest BCUT2D eigenvalue weighted by molar-refractivity contribution is -0.237. The number of phosphoric acid groups is 1. The summed E-state index contributed by atoms with van der Waals surface area (Å²) in [5.41, 5.74) is 11.5. The van der Waals surface area contributed by atoms with Crippen LogP contribution in [0.3, 0.4) is 0 Å². The summed E-state index contributed by atoms with van der Waals surface area (Å²) in [5, 5.41) is 11.8. The molecule has 774 valence electrons. The minimum absolute atomic E-state index is 0.00254. The molecule has 6 aliphatic rings. The van der Waals surface area contributed by atoms with E-state index < -0.39 is 260 Å². The molecular formula is C73H99N19O39P5S4-5. The number of aryl methyl sites for hydroxylation is 4. The maximum Gasteiger partial charge on any atom is 0.351 e. The van der Waals surface area contributed by atoms with E-state index in [1.165, 1.54) is 85.6 Å². The number of nitrogens with one attached hydrogen (secondary N) is 4. The lowest BCUT2D eigenvalue weighted by atomic mass is 10.1. The molecule has 11 unspecified atom stereocenters. The fourth-order valence-corrected chi connectivity index (χ4v) is 22.7. The van der Waals surface area contributed by atoms with Crippen LogP contribution in [0.25, 0.3) is 22.3 Å². The Balaban J connectivity index is 0.748. The van der Waals surface area contributed by atoms with Crippen molar-refractivity contribution in [2.75, 3.05) is 132 Å². The first kappa shape index (κ1) is 109. The molecule has 0 radical (unpaired) electrons. The number of hydrogen-bond acceptors (Lipinski definition) is 52. The zero-order chi connectivity index (χ0) is 101. The van der Waals surface area contributed by atoms with Crippen LogP contribution in [0.1, 0.15) is 85.8 Å². The molecule has 0 aliphatic carbocycles. The van der Waals surface area contributed by atoms with E-state index in [-0.39, 0.29) is 122 Å². The molecule has 6 aliphatic heterocycles. The maximum absolute atomic E-state index is 15.5. The number of imidazole rings is 2. The topological polar surface area (TPSA) is 753 Å². The highest BCUT2D eigenvalue weighted by Gasteiger charge is 2.56. The fraction of sp³-hybridized carbons (Fsp3) is 0.644. The van der Waals surface area contributed by atoms with Gasteiger partial charge in [0.15, 0.2) is 54.3 Å². The highest BCUT2D eigenvalue weighted by atomic mass is 32.7. The third kappa shape index (κ3) is 25.5. The monoisotopic (exact) mass is 2150 g/mol. The van der Waals surface area contributed by atoms with Crippen LogP contribution in [0.15, 0.2) is 82.1 Å². The Bertz CT molecular complexity index is 6520. The van der Waals surface area contributed by atoms with Gasteiger partial charge in [0.1, 0.15) is 130 Å². The second-order valence-electron chi connectivity index (χ2n) is 32.2. The smallest absolute Gasteiger partial charge is 0.351 e. The molecule has 14 rings (SSSR count). The lowest BCUT2D eigenvalue weighted by Gasteiger charge is -2.37. The summed E-state index contributed by atoms with van der Waals surface area (Å²) in [6, 6.07) is 0. The van der Waals surface area contributed by atoms with Gasteiger partial charge in [-0.25, -0.2) is 39.1 Å². The van der Waals surface area contributed by atoms with E-state index in [0.717, 1.165) is 41.7 Å². The number of nitrogens with two attached hydrogens (primary N) is 3. The van der Waals surface area contributed by atoms with E-state index in [4.69, 9.17) is 176 Å². The van der Waals surface area contributed by atoms with Gasteiger partial charge in [0, 0.05) is 88.3 Å². The maximum atomic E-state index is 15.5. The third-order valence-corrected chi connectivity index (χ3v) is 29.9. The van der Waals surface area contributed by atoms with Gasteiger partial charge in [-0.3, -0.25) is 75.6 Å². The van der Waals surface area contributed by atoms with E-state index in [0.29, 0.717) is 0 Å².